The van der Waals surface area contributed by atoms with Gasteiger partial charge < -0.3 is 5.32 Å². The molecule has 0 unspecified atom stereocenters. The topological polar surface area (TPSA) is 29.9 Å². The van der Waals surface area contributed by atoms with Gasteiger partial charge in [-0.3, -0.25) is 4.68 Å². The van der Waals surface area contributed by atoms with Crippen LogP contribution >= 0.6 is 15.9 Å². The van der Waals surface area contributed by atoms with Crippen LogP contribution in [0.25, 0.3) is 0 Å². The van der Waals surface area contributed by atoms with E-state index in [2.05, 4.69) is 26.3 Å². The van der Waals surface area contributed by atoms with Crippen LogP contribution in [-0.2, 0) is 19.8 Å². The molecule has 0 saturated carbocycles. The van der Waals surface area contributed by atoms with Crippen LogP contribution in [0, 0.1) is 13.8 Å². The highest BCUT2D eigenvalue weighted by Gasteiger charge is 2.30. The van der Waals surface area contributed by atoms with Crippen molar-refractivity contribution < 1.29 is 13.2 Å². The normalized spacial score (nSPS) is 11.8. The fourth-order valence-electron chi connectivity index (χ4n) is 2.04. The molecule has 0 spiro atoms. The van der Waals surface area contributed by atoms with Gasteiger partial charge in [0, 0.05) is 12.7 Å². The molecule has 2 rings (SSSR count). The molecular weight excluding hydrogens is 347 g/mol. The molecule has 1 aromatic heterocycles. The van der Waals surface area contributed by atoms with Crippen LogP contribution in [0.5, 0.6) is 0 Å². The van der Waals surface area contributed by atoms with E-state index in [1.165, 1.54) is 6.07 Å². The molecule has 1 heterocycles. The average Bonchev–Trinajstić information content (AvgIpc) is 2.62. The molecule has 0 atom stereocenters. The summed E-state index contributed by atoms with van der Waals surface area (Å²) in [7, 11) is 1.80. The highest BCUT2D eigenvalue weighted by atomic mass is 79.9. The predicted octanol–water partition coefficient (Wildman–Crippen LogP) is 4.43. The van der Waals surface area contributed by atoms with Crippen LogP contribution in [0.1, 0.15) is 22.5 Å². The maximum absolute atomic E-state index is 12.7. The summed E-state index contributed by atoms with van der Waals surface area (Å²) in [5.41, 5.74) is 2.30. The van der Waals surface area contributed by atoms with Gasteiger partial charge in [0.25, 0.3) is 0 Å². The van der Waals surface area contributed by atoms with Gasteiger partial charge in [0.15, 0.2) is 0 Å². The minimum atomic E-state index is -4.34. The van der Waals surface area contributed by atoms with Crippen molar-refractivity contribution in [2.24, 2.45) is 7.05 Å². The summed E-state index contributed by atoms with van der Waals surface area (Å²) in [4.78, 5) is 0. The highest BCUT2D eigenvalue weighted by molar-refractivity contribution is 9.10. The zero-order valence-corrected chi connectivity index (χ0v) is 13.4. The minimum absolute atomic E-state index is 0.389. The first kappa shape index (κ1) is 15.9. The number of hydrogen-bond acceptors (Lipinski definition) is 2. The van der Waals surface area contributed by atoms with E-state index in [4.69, 9.17) is 0 Å². The minimum Gasteiger partial charge on any atom is -0.379 e. The van der Waals surface area contributed by atoms with E-state index in [9.17, 15) is 13.2 Å². The number of halogens is 4. The lowest BCUT2D eigenvalue weighted by Gasteiger charge is -2.13. The van der Waals surface area contributed by atoms with E-state index in [-0.39, 0.29) is 0 Å². The van der Waals surface area contributed by atoms with Crippen LogP contribution in [-0.4, -0.2) is 9.78 Å². The smallest absolute Gasteiger partial charge is 0.379 e. The van der Waals surface area contributed by atoms with Gasteiger partial charge in [0.2, 0.25) is 0 Å². The van der Waals surface area contributed by atoms with Crippen molar-refractivity contribution in [1.82, 2.24) is 9.78 Å². The third-order valence-corrected chi connectivity index (χ3v) is 4.30. The highest BCUT2D eigenvalue weighted by Crippen LogP contribution is 2.32. The predicted molar refractivity (Wildman–Crippen MR) is 79.2 cm³/mol. The van der Waals surface area contributed by atoms with Crippen molar-refractivity contribution in [3.05, 3.63) is 45.2 Å². The van der Waals surface area contributed by atoms with Crippen LogP contribution in [0.3, 0.4) is 0 Å². The van der Waals surface area contributed by atoms with Gasteiger partial charge in [-0.15, -0.1) is 0 Å². The van der Waals surface area contributed by atoms with E-state index in [1.54, 1.807) is 18.7 Å². The second-order valence-corrected chi connectivity index (χ2v) is 5.64. The SMILES string of the molecule is Cc1ccc(C(F)(F)F)cc1NCc1c(Br)c(C)nn1C. The molecule has 1 N–H and O–H groups in total. The number of alkyl halides is 3. The van der Waals surface area contributed by atoms with Gasteiger partial charge in [-0.1, -0.05) is 6.07 Å². The lowest BCUT2D eigenvalue weighted by molar-refractivity contribution is -0.137. The Hall–Kier alpha value is -1.50. The lowest BCUT2D eigenvalue weighted by Crippen LogP contribution is -2.09. The van der Waals surface area contributed by atoms with Crippen molar-refractivity contribution in [2.75, 3.05) is 5.32 Å². The van der Waals surface area contributed by atoms with E-state index in [0.29, 0.717) is 12.2 Å². The Morgan fingerprint density at radius 1 is 1.29 bits per heavy atom. The molecule has 7 heteroatoms. The number of hydrogen-bond donors (Lipinski definition) is 1. The van der Waals surface area contributed by atoms with E-state index < -0.39 is 11.7 Å². The number of rotatable bonds is 3. The van der Waals surface area contributed by atoms with E-state index in [1.807, 2.05) is 6.92 Å². The molecule has 1 aromatic carbocycles. The Bertz CT molecular complexity index is 662. The lowest BCUT2D eigenvalue weighted by atomic mass is 10.1. The molecule has 114 valence electrons. The molecular formula is C14H15BrF3N3. The van der Waals surface area contributed by atoms with Crippen LogP contribution < -0.4 is 5.32 Å². The number of nitrogens with zero attached hydrogens (tertiary/aromatic N) is 2. The summed E-state index contributed by atoms with van der Waals surface area (Å²) < 4.78 is 40.8. The van der Waals surface area contributed by atoms with Gasteiger partial charge >= 0.3 is 6.18 Å². The summed E-state index contributed by atoms with van der Waals surface area (Å²) in [6.45, 7) is 4.02. The standard InChI is InChI=1S/C14H15BrF3N3/c1-8-4-5-10(14(16,17)18)6-11(8)19-7-12-13(15)9(2)20-21(12)3/h4-6,19H,7H2,1-3H3. The Balaban J connectivity index is 2.24. The Kier molecular flexibility index (Phi) is 4.32. The molecule has 2 aromatic rings. The van der Waals surface area contributed by atoms with Crippen molar-refractivity contribution in [2.45, 2.75) is 26.6 Å². The van der Waals surface area contributed by atoms with Gasteiger partial charge in [-0.2, -0.15) is 18.3 Å². The zero-order valence-electron chi connectivity index (χ0n) is 11.8. The van der Waals surface area contributed by atoms with Crippen LogP contribution in [0.4, 0.5) is 18.9 Å². The largest absolute Gasteiger partial charge is 0.416 e. The second-order valence-electron chi connectivity index (χ2n) is 4.85. The summed E-state index contributed by atoms with van der Waals surface area (Å²) in [5.74, 6) is 0. The number of aromatic nitrogens is 2. The first-order chi connectivity index (χ1) is 9.70. The van der Waals surface area contributed by atoms with Crippen molar-refractivity contribution in [3.8, 4) is 0 Å². The molecule has 21 heavy (non-hydrogen) atoms. The fourth-order valence-corrected chi connectivity index (χ4v) is 2.52. The second kappa shape index (κ2) is 5.71. The molecule has 0 fully saturated rings. The molecule has 0 aliphatic heterocycles. The number of anilines is 1. The molecule has 0 saturated heterocycles. The summed E-state index contributed by atoms with van der Waals surface area (Å²) in [6.07, 6.45) is -4.34. The third kappa shape index (κ3) is 3.40. The molecule has 0 amide bonds. The molecule has 0 bridgehead atoms. The maximum atomic E-state index is 12.7. The Morgan fingerprint density at radius 3 is 2.48 bits per heavy atom. The van der Waals surface area contributed by atoms with Crippen LogP contribution in [0.15, 0.2) is 22.7 Å². The van der Waals surface area contributed by atoms with Crippen LogP contribution in [0.2, 0.25) is 0 Å². The summed E-state index contributed by atoms with van der Waals surface area (Å²) in [5, 5.41) is 7.30. The maximum Gasteiger partial charge on any atom is 0.416 e. The number of benzene rings is 1. The third-order valence-electron chi connectivity index (χ3n) is 3.27. The first-order valence-electron chi connectivity index (χ1n) is 6.30. The van der Waals surface area contributed by atoms with Gasteiger partial charge in [0.1, 0.15) is 0 Å². The fraction of sp³-hybridized carbons (Fsp3) is 0.357. The monoisotopic (exact) mass is 361 g/mol. The summed E-state index contributed by atoms with van der Waals surface area (Å²) in [6, 6.07) is 3.69. The average molecular weight is 362 g/mol. The number of nitrogens with one attached hydrogen (secondary N) is 1. The molecule has 0 aliphatic carbocycles. The van der Waals surface area contributed by atoms with Crippen molar-refractivity contribution >= 4 is 21.6 Å². The zero-order chi connectivity index (χ0) is 15.8. The quantitative estimate of drug-likeness (QED) is 0.876. The van der Waals surface area contributed by atoms with Crippen molar-refractivity contribution in [3.63, 3.8) is 0 Å². The van der Waals surface area contributed by atoms with Crippen molar-refractivity contribution in [1.29, 1.82) is 0 Å². The number of aryl methyl sites for hydroxylation is 3. The van der Waals surface area contributed by atoms with Gasteiger partial charge in [0.05, 0.1) is 28.0 Å². The molecule has 0 aliphatic rings. The summed E-state index contributed by atoms with van der Waals surface area (Å²) >= 11 is 3.44. The Labute approximate surface area is 129 Å². The Morgan fingerprint density at radius 2 is 1.95 bits per heavy atom. The van der Waals surface area contributed by atoms with Gasteiger partial charge in [-0.25, -0.2) is 0 Å². The van der Waals surface area contributed by atoms with E-state index >= 15 is 0 Å². The molecule has 0 radical (unpaired) electrons. The van der Waals surface area contributed by atoms with Gasteiger partial charge in [-0.05, 0) is 47.5 Å². The first-order valence-corrected chi connectivity index (χ1v) is 7.09. The van der Waals surface area contributed by atoms with E-state index in [0.717, 1.165) is 33.6 Å². The molecule has 3 nitrogen and oxygen atoms in total.